The number of anilines is 1. The van der Waals surface area contributed by atoms with Gasteiger partial charge < -0.3 is 14.8 Å². The van der Waals surface area contributed by atoms with Crippen LogP contribution in [0.15, 0.2) is 28.5 Å². The second-order valence-corrected chi connectivity index (χ2v) is 6.02. The summed E-state index contributed by atoms with van der Waals surface area (Å²) in [6, 6.07) is 3.79. The lowest BCUT2D eigenvalue weighted by atomic mass is 10.2. The summed E-state index contributed by atoms with van der Waals surface area (Å²) < 4.78 is 1.62. The molecule has 0 saturated carbocycles. The Morgan fingerprint density at radius 1 is 1.45 bits per heavy atom. The van der Waals surface area contributed by atoms with Crippen LogP contribution < -0.4 is 15.1 Å². The molecule has 2 heterocycles. The van der Waals surface area contributed by atoms with E-state index in [2.05, 4.69) is 10.3 Å². The van der Waals surface area contributed by atoms with Crippen molar-refractivity contribution in [2.24, 2.45) is 0 Å². The van der Waals surface area contributed by atoms with Crippen LogP contribution in [0.3, 0.4) is 0 Å². The van der Waals surface area contributed by atoms with Gasteiger partial charge >= 0.3 is 4.87 Å². The predicted molar refractivity (Wildman–Crippen MR) is 88.3 cm³/mol. The Balaban J connectivity index is 1.90. The fourth-order valence-electron chi connectivity index (χ4n) is 2.14. The maximum atomic E-state index is 12.0. The van der Waals surface area contributed by atoms with Gasteiger partial charge in [0.1, 0.15) is 5.82 Å². The van der Waals surface area contributed by atoms with E-state index in [9.17, 15) is 9.59 Å². The minimum absolute atomic E-state index is 0.0209. The number of hydrogen-bond acceptors (Lipinski definition) is 5. The van der Waals surface area contributed by atoms with Gasteiger partial charge in [-0.2, -0.15) is 0 Å². The molecule has 0 bridgehead atoms. The van der Waals surface area contributed by atoms with Crippen LogP contribution in [0.25, 0.3) is 0 Å². The quantitative estimate of drug-likeness (QED) is 0.873. The van der Waals surface area contributed by atoms with Gasteiger partial charge in [-0.15, -0.1) is 0 Å². The standard InChI is InChI=1S/C15H20N4O2S/c1-11-10-22-15(21)19(11)8-6-13(20)17-9-12-5-4-7-16-14(12)18(2)3/h4-5,7,10H,6,8-9H2,1-3H3,(H,17,20). The number of rotatable bonds is 6. The van der Waals surface area contributed by atoms with Gasteiger partial charge in [0.05, 0.1) is 0 Å². The molecule has 0 spiro atoms. The van der Waals surface area contributed by atoms with Crippen LogP contribution in [0, 0.1) is 6.92 Å². The van der Waals surface area contributed by atoms with Crippen molar-refractivity contribution in [1.29, 1.82) is 0 Å². The number of aryl methyl sites for hydroxylation is 1. The Morgan fingerprint density at radius 3 is 2.86 bits per heavy atom. The lowest BCUT2D eigenvalue weighted by Crippen LogP contribution is -2.27. The number of nitrogens with one attached hydrogen (secondary N) is 1. The number of nitrogens with zero attached hydrogens (tertiary/aromatic N) is 3. The smallest absolute Gasteiger partial charge is 0.307 e. The molecule has 2 aromatic heterocycles. The average Bonchev–Trinajstić information content (AvgIpc) is 2.82. The molecule has 0 aliphatic heterocycles. The first-order valence-corrected chi connectivity index (χ1v) is 7.90. The molecule has 0 unspecified atom stereocenters. The topological polar surface area (TPSA) is 67.2 Å². The largest absolute Gasteiger partial charge is 0.362 e. The van der Waals surface area contributed by atoms with Crippen LogP contribution in [-0.2, 0) is 17.9 Å². The molecule has 0 radical (unpaired) electrons. The first-order chi connectivity index (χ1) is 10.5. The molecule has 118 valence electrons. The van der Waals surface area contributed by atoms with E-state index in [1.165, 1.54) is 0 Å². The summed E-state index contributed by atoms with van der Waals surface area (Å²) in [7, 11) is 3.83. The van der Waals surface area contributed by atoms with Gasteiger partial charge in [0.15, 0.2) is 0 Å². The van der Waals surface area contributed by atoms with Crippen molar-refractivity contribution < 1.29 is 4.79 Å². The van der Waals surface area contributed by atoms with Crippen LogP contribution in [-0.4, -0.2) is 29.6 Å². The van der Waals surface area contributed by atoms with Gasteiger partial charge in [-0.25, -0.2) is 4.98 Å². The maximum absolute atomic E-state index is 12.0. The van der Waals surface area contributed by atoms with Crippen molar-refractivity contribution in [2.45, 2.75) is 26.4 Å². The zero-order valence-electron chi connectivity index (χ0n) is 13.0. The molecule has 0 atom stereocenters. The number of amides is 1. The monoisotopic (exact) mass is 320 g/mol. The number of aromatic nitrogens is 2. The van der Waals surface area contributed by atoms with Crippen LogP contribution in [0.4, 0.5) is 5.82 Å². The highest BCUT2D eigenvalue weighted by molar-refractivity contribution is 7.07. The van der Waals surface area contributed by atoms with E-state index < -0.39 is 0 Å². The van der Waals surface area contributed by atoms with Gasteiger partial charge in [0, 0.05) is 56.4 Å². The van der Waals surface area contributed by atoms with Crippen molar-refractivity contribution in [2.75, 3.05) is 19.0 Å². The van der Waals surface area contributed by atoms with Gasteiger partial charge in [-0.3, -0.25) is 9.59 Å². The summed E-state index contributed by atoms with van der Waals surface area (Å²) in [4.78, 5) is 29.7. The van der Waals surface area contributed by atoms with E-state index >= 15 is 0 Å². The Bertz CT molecular complexity index is 706. The Morgan fingerprint density at radius 2 is 2.23 bits per heavy atom. The molecule has 2 rings (SSSR count). The summed E-state index contributed by atoms with van der Waals surface area (Å²) in [6.07, 6.45) is 2.02. The first-order valence-electron chi connectivity index (χ1n) is 7.02. The van der Waals surface area contributed by atoms with Gasteiger partial charge in [0.25, 0.3) is 0 Å². The minimum atomic E-state index is -0.0777. The molecule has 0 aromatic carbocycles. The Hall–Kier alpha value is -2.15. The first kappa shape index (κ1) is 16.2. The van der Waals surface area contributed by atoms with Crippen LogP contribution in [0.2, 0.25) is 0 Å². The van der Waals surface area contributed by atoms with E-state index in [-0.39, 0.29) is 17.2 Å². The van der Waals surface area contributed by atoms with E-state index in [0.29, 0.717) is 13.1 Å². The van der Waals surface area contributed by atoms with Crippen LogP contribution in [0.1, 0.15) is 17.7 Å². The second-order valence-electron chi connectivity index (χ2n) is 5.20. The van der Waals surface area contributed by atoms with Crippen molar-refractivity contribution in [3.63, 3.8) is 0 Å². The van der Waals surface area contributed by atoms with E-state index in [1.807, 2.05) is 38.1 Å². The molecule has 1 amide bonds. The van der Waals surface area contributed by atoms with Crippen molar-refractivity contribution >= 4 is 23.1 Å². The zero-order valence-corrected chi connectivity index (χ0v) is 13.8. The van der Waals surface area contributed by atoms with E-state index in [0.717, 1.165) is 28.4 Å². The van der Waals surface area contributed by atoms with E-state index in [1.54, 1.807) is 16.1 Å². The lowest BCUT2D eigenvalue weighted by molar-refractivity contribution is -0.121. The summed E-state index contributed by atoms with van der Waals surface area (Å²) in [5.74, 6) is 0.763. The van der Waals surface area contributed by atoms with Gasteiger partial charge in [0.2, 0.25) is 5.91 Å². The summed E-state index contributed by atoms with van der Waals surface area (Å²) in [5, 5.41) is 4.68. The molecule has 7 heteroatoms. The zero-order chi connectivity index (χ0) is 16.1. The molecular weight excluding hydrogens is 300 g/mol. The van der Waals surface area contributed by atoms with Crippen molar-refractivity contribution in [1.82, 2.24) is 14.9 Å². The molecular formula is C15H20N4O2S. The predicted octanol–water partition coefficient (Wildman–Crippen LogP) is 1.39. The van der Waals surface area contributed by atoms with E-state index in [4.69, 9.17) is 0 Å². The Labute approximate surface area is 133 Å². The SMILES string of the molecule is Cc1csc(=O)n1CCC(=O)NCc1cccnc1N(C)C. The molecule has 1 N–H and O–H groups in total. The molecule has 0 aliphatic carbocycles. The maximum Gasteiger partial charge on any atom is 0.307 e. The third kappa shape index (κ3) is 3.94. The number of hydrogen-bond donors (Lipinski definition) is 1. The van der Waals surface area contributed by atoms with Gasteiger partial charge in [-0.05, 0) is 13.0 Å². The molecule has 22 heavy (non-hydrogen) atoms. The second kappa shape index (κ2) is 7.22. The third-order valence-corrected chi connectivity index (χ3v) is 4.19. The van der Waals surface area contributed by atoms with Crippen LogP contribution >= 0.6 is 11.3 Å². The number of pyridine rings is 1. The molecule has 6 nitrogen and oxygen atoms in total. The summed E-state index contributed by atoms with van der Waals surface area (Å²) >= 11 is 1.16. The highest BCUT2D eigenvalue weighted by atomic mass is 32.1. The molecule has 0 aliphatic rings. The number of thiazole rings is 1. The number of carbonyl (C=O) groups is 1. The summed E-state index contributed by atoms with van der Waals surface area (Å²) in [5.41, 5.74) is 1.86. The molecule has 0 fully saturated rings. The van der Waals surface area contributed by atoms with Crippen molar-refractivity contribution in [3.8, 4) is 0 Å². The van der Waals surface area contributed by atoms with Crippen LogP contribution in [0.5, 0.6) is 0 Å². The lowest BCUT2D eigenvalue weighted by Gasteiger charge is -2.16. The Kier molecular flexibility index (Phi) is 5.32. The fraction of sp³-hybridized carbons (Fsp3) is 0.400. The highest BCUT2D eigenvalue weighted by Gasteiger charge is 2.09. The molecule has 0 saturated heterocycles. The minimum Gasteiger partial charge on any atom is -0.362 e. The molecule has 2 aromatic rings. The normalized spacial score (nSPS) is 10.5. The number of carbonyl (C=O) groups excluding carboxylic acids is 1. The average molecular weight is 320 g/mol. The van der Waals surface area contributed by atoms with Crippen molar-refractivity contribution in [3.05, 3.63) is 44.6 Å². The van der Waals surface area contributed by atoms with Gasteiger partial charge in [-0.1, -0.05) is 17.4 Å². The fourth-order valence-corrected chi connectivity index (χ4v) is 2.90. The third-order valence-electron chi connectivity index (χ3n) is 3.31. The summed E-state index contributed by atoms with van der Waals surface area (Å²) in [6.45, 7) is 2.71. The highest BCUT2D eigenvalue weighted by Crippen LogP contribution is 2.13.